The van der Waals surface area contributed by atoms with Gasteiger partial charge in [-0.15, -0.1) is 0 Å². The van der Waals surface area contributed by atoms with E-state index >= 15 is 0 Å². The summed E-state index contributed by atoms with van der Waals surface area (Å²) in [6.07, 6.45) is 7.88. The third-order valence-corrected chi connectivity index (χ3v) is 4.94. The van der Waals surface area contributed by atoms with Gasteiger partial charge in [-0.2, -0.15) is 0 Å². The van der Waals surface area contributed by atoms with Crippen LogP contribution in [0.25, 0.3) is 0 Å². The van der Waals surface area contributed by atoms with Crippen molar-refractivity contribution >= 4 is 5.82 Å². The maximum absolute atomic E-state index is 6.19. The predicted octanol–water partition coefficient (Wildman–Crippen LogP) is 3.21. The molecule has 2 N–H and O–H groups in total. The maximum Gasteiger partial charge on any atom is 0.134 e. The normalized spacial score (nSPS) is 20.7. The monoisotopic (exact) mass is 279 g/mol. The number of benzene rings is 1. The van der Waals surface area contributed by atoms with Crippen LogP contribution in [-0.4, -0.2) is 9.97 Å². The Kier molecular flexibility index (Phi) is 3.13. The average molecular weight is 279 g/mol. The molecular formula is C18H21N3. The van der Waals surface area contributed by atoms with Crippen molar-refractivity contribution < 1.29 is 0 Å². The van der Waals surface area contributed by atoms with Gasteiger partial charge >= 0.3 is 0 Å². The van der Waals surface area contributed by atoms with E-state index in [0.29, 0.717) is 5.92 Å². The Hall–Kier alpha value is -1.90. The summed E-state index contributed by atoms with van der Waals surface area (Å²) in [5.41, 5.74) is 11.6. The second-order valence-electron chi connectivity index (χ2n) is 6.31. The summed E-state index contributed by atoms with van der Waals surface area (Å²) in [5, 5.41) is 0. The highest BCUT2D eigenvalue weighted by Gasteiger charge is 2.24. The van der Waals surface area contributed by atoms with Gasteiger partial charge in [-0.25, -0.2) is 9.97 Å². The van der Waals surface area contributed by atoms with Gasteiger partial charge in [0, 0.05) is 17.2 Å². The number of anilines is 1. The van der Waals surface area contributed by atoms with Crippen LogP contribution in [0, 0.1) is 0 Å². The summed E-state index contributed by atoms with van der Waals surface area (Å²) in [5.74, 6) is 2.13. The second kappa shape index (κ2) is 5.14. The number of aryl methyl sites for hydroxylation is 2. The number of fused-ring (bicyclic) bond motifs is 2. The number of nitrogens with two attached hydrogens (primary N) is 1. The summed E-state index contributed by atoms with van der Waals surface area (Å²) < 4.78 is 0. The molecule has 4 rings (SSSR count). The number of nitrogens with zero attached hydrogens (tertiary/aromatic N) is 2. The van der Waals surface area contributed by atoms with Crippen molar-refractivity contribution in [1.82, 2.24) is 9.97 Å². The lowest BCUT2D eigenvalue weighted by atomic mass is 9.83. The lowest BCUT2D eigenvalue weighted by Crippen LogP contribution is -2.19. The fourth-order valence-electron chi connectivity index (χ4n) is 3.74. The molecule has 2 aromatic rings. The Morgan fingerprint density at radius 2 is 1.76 bits per heavy atom. The van der Waals surface area contributed by atoms with E-state index in [9.17, 15) is 0 Å². The van der Waals surface area contributed by atoms with E-state index in [1.165, 1.54) is 35.2 Å². The molecule has 2 aliphatic rings. The molecule has 0 spiro atoms. The molecule has 1 atom stereocenters. The Balaban J connectivity index is 1.67. The van der Waals surface area contributed by atoms with Crippen molar-refractivity contribution in [2.24, 2.45) is 0 Å². The van der Waals surface area contributed by atoms with Gasteiger partial charge in [0.15, 0.2) is 0 Å². The zero-order valence-corrected chi connectivity index (χ0v) is 12.3. The van der Waals surface area contributed by atoms with E-state index in [0.717, 1.165) is 43.7 Å². The smallest absolute Gasteiger partial charge is 0.134 e. The number of hydrogen-bond donors (Lipinski definition) is 1. The maximum atomic E-state index is 6.19. The standard InChI is InChI=1S/C18H21N3/c19-17-15-7-3-4-8-16(15)20-18(21-17)14-10-9-12-5-1-2-6-13(12)11-14/h1-2,5-6,14H,3-4,7-11H2,(H2,19,20,21). The molecule has 0 amide bonds. The van der Waals surface area contributed by atoms with Crippen LogP contribution in [0.1, 0.15) is 53.4 Å². The van der Waals surface area contributed by atoms with Crippen molar-refractivity contribution in [3.05, 3.63) is 52.5 Å². The van der Waals surface area contributed by atoms with Crippen LogP contribution in [0.2, 0.25) is 0 Å². The topological polar surface area (TPSA) is 51.8 Å². The minimum atomic E-state index is 0.425. The third-order valence-electron chi connectivity index (χ3n) is 4.94. The van der Waals surface area contributed by atoms with E-state index < -0.39 is 0 Å². The molecule has 1 heterocycles. The first-order valence-corrected chi connectivity index (χ1v) is 8.03. The summed E-state index contributed by atoms with van der Waals surface area (Å²) in [6.45, 7) is 0. The van der Waals surface area contributed by atoms with Gasteiger partial charge in [0.1, 0.15) is 11.6 Å². The Morgan fingerprint density at radius 1 is 0.952 bits per heavy atom. The molecule has 0 bridgehead atoms. The summed E-state index contributed by atoms with van der Waals surface area (Å²) in [4.78, 5) is 9.53. The van der Waals surface area contributed by atoms with E-state index in [-0.39, 0.29) is 0 Å². The number of nitrogen functional groups attached to an aromatic ring is 1. The highest BCUT2D eigenvalue weighted by atomic mass is 15.0. The molecule has 1 aromatic heterocycles. The predicted molar refractivity (Wildman–Crippen MR) is 84.3 cm³/mol. The van der Waals surface area contributed by atoms with Crippen LogP contribution in [0.5, 0.6) is 0 Å². The zero-order valence-electron chi connectivity index (χ0n) is 12.3. The van der Waals surface area contributed by atoms with E-state index in [1.54, 1.807) is 0 Å². The molecule has 3 nitrogen and oxygen atoms in total. The number of hydrogen-bond acceptors (Lipinski definition) is 3. The van der Waals surface area contributed by atoms with Gasteiger partial charge in [-0.05, 0) is 56.1 Å². The molecule has 0 saturated heterocycles. The van der Waals surface area contributed by atoms with Gasteiger partial charge in [-0.3, -0.25) is 0 Å². The molecular weight excluding hydrogens is 258 g/mol. The Labute approximate surface area is 125 Å². The first-order valence-electron chi connectivity index (χ1n) is 8.03. The zero-order chi connectivity index (χ0) is 14.2. The molecule has 0 fully saturated rings. The van der Waals surface area contributed by atoms with Crippen LogP contribution < -0.4 is 5.73 Å². The molecule has 3 heteroatoms. The van der Waals surface area contributed by atoms with E-state index in [1.807, 2.05) is 0 Å². The van der Waals surface area contributed by atoms with Gasteiger partial charge in [0.2, 0.25) is 0 Å². The first kappa shape index (κ1) is 12.8. The van der Waals surface area contributed by atoms with Crippen LogP contribution in [0.3, 0.4) is 0 Å². The number of aromatic nitrogens is 2. The van der Waals surface area contributed by atoms with Gasteiger partial charge < -0.3 is 5.73 Å². The average Bonchev–Trinajstić information content (AvgIpc) is 2.54. The first-order chi connectivity index (χ1) is 10.3. The molecule has 2 aliphatic carbocycles. The highest BCUT2D eigenvalue weighted by molar-refractivity contribution is 5.44. The molecule has 0 aliphatic heterocycles. The van der Waals surface area contributed by atoms with Crippen LogP contribution >= 0.6 is 0 Å². The summed E-state index contributed by atoms with van der Waals surface area (Å²) in [7, 11) is 0. The fraction of sp³-hybridized carbons (Fsp3) is 0.444. The molecule has 1 aromatic carbocycles. The molecule has 108 valence electrons. The Bertz CT molecular complexity index is 678. The SMILES string of the molecule is Nc1nc(C2CCc3ccccc3C2)nc2c1CCCC2. The minimum Gasteiger partial charge on any atom is -0.383 e. The van der Waals surface area contributed by atoms with E-state index in [4.69, 9.17) is 10.7 Å². The summed E-state index contributed by atoms with van der Waals surface area (Å²) in [6, 6.07) is 8.74. The summed E-state index contributed by atoms with van der Waals surface area (Å²) >= 11 is 0. The molecule has 0 saturated carbocycles. The largest absolute Gasteiger partial charge is 0.383 e. The van der Waals surface area contributed by atoms with Crippen LogP contribution in [0.4, 0.5) is 5.82 Å². The van der Waals surface area contributed by atoms with Gasteiger partial charge in [0.05, 0.1) is 0 Å². The van der Waals surface area contributed by atoms with Crippen molar-refractivity contribution in [1.29, 1.82) is 0 Å². The third kappa shape index (κ3) is 2.31. The van der Waals surface area contributed by atoms with Gasteiger partial charge in [0.25, 0.3) is 0 Å². The molecule has 21 heavy (non-hydrogen) atoms. The Morgan fingerprint density at radius 3 is 2.67 bits per heavy atom. The van der Waals surface area contributed by atoms with E-state index in [2.05, 4.69) is 29.2 Å². The lowest BCUT2D eigenvalue weighted by Gasteiger charge is -2.25. The quantitative estimate of drug-likeness (QED) is 0.872. The van der Waals surface area contributed by atoms with Crippen molar-refractivity contribution in [2.45, 2.75) is 50.9 Å². The van der Waals surface area contributed by atoms with Crippen LogP contribution in [0.15, 0.2) is 24.3 Å². The number of rotatable bonds is 1. The van der Waals surface area contributed by atoms with Crippen molar-refractivity contribution in [3.63, 3.8) is 0 Å². The molecule has 0 radical (unpaired) electrons. The highest BCUT2D eigenvalue weighted by Crippen LogP contribution is 2.33. The second-order valence-corrected chi connectivity index (χ2v) is 6.31. The van der Waals surface area contributed by atoms with Crippen molar-refractivity contribution in [2.75, 3.05) is 5.73 Å². The van der Waals surface area contributed by atoms with Crippen molar-refractivity contribution in [3.8, 4) is 0 Å². The van der Waals surface area contributed by atoms with Gasteiger partial charge in [-0.1, -0.05) is 24.3 Å². The lowest BCUT2D eigenvalue weighted by molar-refractivity contribution is 0.546. The molecule has 1 unspecified atom stereocenters. The fourth-order valence-corrected chi connectivity index (χ4v) is 3.74. The van der Waals surface area contributed by atoms with Crippen LogP contribution in [-0.2, 0) is 25.7 Å². The minimum absolute atomic E-state index is 0.425.